The van der Waals surface area contributed by atoms with Crippen molar-refractivity contribution in [2.75, 3.05) is 6.61 Å². The summed E-state index contributed by atoms with van der Waals surface area (Å²) in [6, 6.07) is 0. The zero-order chi connectivity index (χ0) is 19.5. The van der Waals surface area contributed by atoms with Crippen LogP contribution in [0.1, 0.15) is 26.7 Å². The fourth-order valence-electron chi connectivity index (χ4n) is 7.14. The van der Waals surface area contributed by atoms with Crippen molar-refractivity contribution in [3.8, 4) is 0 Å². The van der Waals surface area contributed by atoms with E-state index in [1.165, 1.54) is 6.08 Å². The van der Waals surface area contributed by atoms with Gasteiger partial charge in [0.1, 0.15) is 18.3 Å². The number of aliphatic hydroxyl groups excluding tert-OH is 2. The lowest BCUT2D eigenvalue weighted by atomic mass is 9.39. The molecule has 7 nitrogen and oxygen atoms in total. The fourth-order valence-corrected chi connectivity index (χ4v) is 7.14. The van der Waals surface area contributed by atoms with E-state index in [1.807, 2.05) is 6.92 Å². The van der Waals surface area contributed by atoms with Gasteiger partial charge in [0.2, 0.25) is 0 Å². The molecule has 0 radical (unpaired) electrons. The molecule has 5 aliphatic rings. The van der Waals surface area contributed by atoms with E-state index < -0.39 is 52.5 Å². The first-order valence-corrected chi connectivity index (χ1v) is 9.41. The third-order valence-electron chi connectivity index (χ3n) is 8.19. The Balaban J connectivity index is 1.79. The molecular weight excluding hydrogens is 352 g/mol. The van der Waals surface area contributed by atoms with Gasteiger partial charge in [0.05, 0.1) is 13.0 Å². The summed E-state index contributed by atoms with van der Waals surface area (Å²) in [6.45, 7) is 7.64. The van der Waals surface area contributed by atoms with Gasteiger partial charge in [-0.3, -0.25) is 9.59 Å². The molecular formula is C20H24O7. The SMILES string of the molecule is C=C1C2CC(=O)O[C@@H]3C[C@H]4C(C)=CC(=O)[C@@H](O)[C@]4(C)[C@H]4[C@@](O)(OC[C@@]234)[C@@H]1O. The van der Waals surface area contributed by atoms with Crippen LogP contribution in [0.15, 0.2) is 23.8 Å². The second kappa shape index (κ2) is 4.89. The zero-order valence-electron chi connectivity index (χ0n) is 15.3. The Hall–Kier alpha value is -1.54. The standard InChI is InChI=1S/C20H24O7/c1-8-4-12(21)16(24)18(3)10(8)5-13-19-7-26-20(25,17(18)19)15(23)9(2)11(19)6-14(22)27-13/h4,10-11,13,15-17,23-25H,2,5-7H2,1,3H3/t10-,11?,13+,15+,16+,17+,18+,19+,20-/m0/s1. The van der Waals surface area contributed by atoms with Gasteiger partial charge in [-0.15, -0.1) is 0 Å². The van der Waals surface area contributed by atoms with Crippen LogP contribution in [-0.4, -0.2) is 57.8 Å². The number of carbonyl (C=O) groups excluding carboxylic acids is 2. The normalized spacial score (nSPS) is 56.2. The average Bonchev–Trinajstić information content (AvgIpc) is 2.90. The summed E-state index contributed by atoms with van der Waals surface area (Å²) in [5.41, 5.74) is -0.730. The van der Waals surface area contributed by atoms with Gasteiger partial charge in [-0.1, -0.05) is 19.1 Å². The Morgan fingerprint density at radius 2 is 1.93 bits per heavy atom. The van der Waals surface area contributed by atoms with Crippen molar-refractivity contribution in [2.24, 2.45) is 28.6 Å². The van der Waals surface area contributed by atoms with Crippen molar-refractivity contribution in [2.45, 2.75) is 50.8 Å². The molecule has 7 heteroatoms. The number of hydrogen-bond acceptors (Lipinski definition) is 7. The molecule has 2 saturated carbocycles. The molecule has 0 amide bonds. The summed E-state index contributed by atoms with van der Waals surface area (Å²) < 4.78 is 11.5. The molecule has 1 unspecified atom stereocenters. The van der Waals surface area contributed by atoms with E-state index in [2.05, 4.69) is 6.58 Å². The first kappa shape index (κ1) is 17.6. The number of allylic oxidation sites excluding steroid dienone is 1. The molecule has 1 spiro atoms. The fraction of sp³-hybridized carbons (Fsp3) is 0.700. The smallest absolute Gasteiger partial charge is 0.306 e. The molecule has 2 saturated heterocycles. The van der Waals surface area contributed by atoms with E-state index in [-0.39, 0.29) is 24.9 Å². The lowest BCUT2D eigenvalue weighted by molar-refractivity contribution is -0.305. The molecule has 0 aromatic carbocycles. The Kier molecular flexibility index (Phi) is 3.18. The van der Waals surface area contributed by atoms with Crippen LogP contribution < -0.4 is 0 Å². The minimum absolute atomic E-state index is 0.0436. The molecule has 3 N–H and O–H groups in total. The molecule has 146 valence electrons. The first-order valence-electron chi connectivity index (χ1n) is 9.41. The molecule has 9 atom stereocenters. The van der Waals surface area contributed by atoms with Crippen LogP contribution in [0.5, 0.6) is 0 Å². The highest BCUT2D eigenvalue weighted by atomic mass is 16.6. The van der Waals surface area contributed by atoms with Crippen molar-refractivity contribution < 1.29 is 34.4 Å². The maximum atomic E-state index is 12.5. The van der Waals surface area contributed by atoms with Crippen molar-refractivity contribution in [1.82, 2.24) is 0 Å². The topological polar surface area (TPSA) is 113 Å². The second-order valence-corrected chi connectivity index (χ2v) is 9.15. The first-order chi connectivity index (χ1) is 12.6. The lowest BCUT2D eigenvalue weighted by Crippen LogP contribution is -2.74. The Morgan fingerprint density at radius 3 is 2.63 bits per heavy atom. The molecule has 27 heavy (non-hydrogen) atoms. The molecule has 4 fully saturated rings. The van der Waals surface area contributed by atoms with Crippen LogP contribution in [0.4, 0.5) is 0 Å². The van der Waals surface area contributed by atoms with Gasteiger partial charge in [-0.05, 0) is 30.9 Å². The summed E-state index contributed by atoms with van der Waals surface area (Å²) in [4.78, 5) is 24.8. The summed E-state index contributed by atoms with van der Waals surface area (Å²) in [6.07, 6.45) is -1.36. The van der Waals surface area contributed by atoms with E-state index in [9.17, 15) is 24.9 Å². The monoisotopic (exact) mass is 376 g/mol. The maximum absolute atomic E-state index is 12.5. The Morgan fingerprint density at radius 1 is 1.22 bits per heavy atom. The number of rotatable bonds is 0. The highest BCUT2D eigenvalue weighted by Gasteiger charge is 2.81. The number of fused-ring (bicyclic) bond motifs is 1. The molecule has 2 heterocycles. The summed E-state index contributed by atoms with van der Waals surface area (Å²) in [5.74, 6) is -4.25. The largest absolute Gasteiger partial charge is 0.462 e. The van der Waals surface area contributed by atoms with Crippen LogP contribution in [0, 0.1) is 28.6 Å². The molecule has 0 aromatic heterocycles. The van der Waals surface area contributed by atoms with Gasteiger partial charge in [0, 0.05) is 22.7 Å². The van der Waals surface area contributed by atoms with Crippen LogP contribution in [-0.2, 0) is 19.1 Å². The van der Waals surface area contributed by atoms with Crippen molar-refractivity contribution in [1.29, 1.82) is 0 Å². The molecule has 3 aliphatic carbocycles. The molecule has 2 aliphatic heterocycles. The number of carbonyl (C=O) groups is 2. The quantitative estimate of drug-likeness (QED) is 0.405. The van der Waals surface area contributed by atoms with Crippen molar-refractivity contribution in [3.05, 3.63) is 23.8 Å². The number of esters is 1. The number of ether oxygens (including phenoxy) is 2. The molecule has 2 bridgehead atoms. The van der Waals surface area contributed by atoms with Crippen molar-refractivity contribution in [3.63, 3.8) is 0 Å². The van der Waals surface area contributed by atoms with E-state index in [4.69, 9.17) is 9.47 Å². The highest BCUT2D eigenvalue weighted by molar-refractivity contribution is 5.96. The van der Waals surface area contributed by atoms with E-state index >= 15 is 0 Å². The number of ketones is 1. The molecule has 0 aromatic rings. The molecule has 5 rings (SSSR count). The highest BCUT2D eigenvalue weighted by Crippen LogP contribution is 2.73. The van der Waals surface area contributed by atoms with E-state index in [0.717, 1.165) is 5.57 Å². The van der Waals surface area contributed by atoms with Gasteiger partial charge >= 0.3 is 5.97 Å². The predicted octanol–water partition coefficient (Wildman–Crippen LogP) is 0.0863. The lowest BCUT2D eigenvalue weighted by Gasteiger charge is -2.66. The number of aliphatic hydroxyl groups is 3. The summed E-state index contributed by atoms with van der Waals surface area (Å²) in [5, 5.41) is 33.3. The predicted molar refractivity (Wildman–Crippen MR) is 90.9 cm³/mol. The summed E-state index contributed by atoms with van der Waals surface area (Å²) >= 11 is 0. The van der Waals surface area contributed by atoms with Crippen LogP contribution in [0.3, 0.4) is 0 Å². The van der Waals surface area contributed by atoms with Crippen LogP contribution >= 0.6 is 0 Å². The third kappa shape index (κ3) is 1.69. The van der Waals surface area contributed by atoms with E-state index in [1.54, 1.807) is 6.92 Å². The maximum Gasteiger partial charge on any atom is 0.306 e. The zero-order valence-corrected chi connectivity index (χ0v) is 15.3. The van der Waals surface area contributed by atoms with Crippen LogP contribution in [0.25, 0.3) is 0 Å². The minimum Gasteiger partial charge on any atom is -0.462 e. The number of hydrogen-bond donors (Lipinski definition) is 3. The Bertz CT molecular complexity index is 817. The van der Waals surface area contributed by atoms with Gasteiger partial charge in [0.15, 0.2) is 11.6 Å². The Labute approximate surface area is 156 Å². The third-order valence-corrected chi connectivity index (χ3v) is 8.19. The van der Waals surface area contributed by atoms with Gasteiger partial charge in [-0.25, -0.2) is 0 Å². The average molecular weight is 376 g/mol. The van der Waals surface area contributed by atoms with Crippen LogP contribution in [0.2, 0.25) is 0 Å². The van der Waals surface area contributed by atoms with Crippen molar-refractivity contribution >= 4 is 11.8 Å². The van der Waals surface area contributed by atoms with E-state index in [0.29, 0.717) is 12.0 Å². The van der Waals surface area contributed by atoms with Gasteiger partial charge < -0.3 is 24.8 Å². The second-order valence-electron chi connectivity index (χ2n) is 9.15. The minimum atomic E-state index is -1.98. The van der Waals surface area contributed by atoms with Gasteiger partial charge in [-0.2, -0.15) is 0 Å². The summed E-state index contributed by atoms with van der Waals surface area (Å²) in [7, 11) is 0. The van der Waals surface area contributed by atoms with Gasteiger partial charge in [0.25, 0.3) is 0 Å².